The topological polar surface area (TPSA) is 98.2 Å². The minimum Gasteiger partial charge on any atom is -0.438 e. The summed E-state index contributed by atoms with van der Waals surface area (Å²) in [6.07, 6.45) is 5.25. The molecule has 1 amide bonds. The number of hydrogen-bond acceptors (Lipinski definition) is 6. The van der Waals surface area contributed by atoms with E-state index in [9.17, 15) is 22.0 Å². The highest BCUT2D eigenvalue weighted by atomic mass is 32.2. The Kier molecular flexibility index (Phi) is 6.40. The molecule has 0 unspecified atom stereocenters. The number of ether oxygens (including phenoxy) is 1. The molecule has 1 aromatic carbocycles. The van der Waals surface area contributed by atoms with Crippen LogP contribution in [0, 0.1) is 5.92 Å². The molecule has 1 aromatic heterocycles. The van der Waals surface area contributed by atoms with Crippen LogP contribution in [-0.4, -0.2) is 36.6 Å². The van der Waals surface area contributed by atoms with Crippen LogP contribution in [0.2, 0.25) is 0 Å². The van der Waals surface area contributed by atoms with Crippen LogP contribution in [0.3, 0.4) is 0 Å². The van der Waals surface area contributed by atoms with Crippen molar-refractivity contribution in [3.8, 4) is 11.6 Å². The maximum Gasteiger partial charge on any atom is 0.303 e. The van der Waals surface area contributed by atoms with Crippen LogP contribution in [0.5, 0.6) is 11.6 Å². The lowest BCUT2D eigenvalue weighted by Gasteiger charge is -2.18. The molecule has 0 spiro atoms. The van der Waals surface area contributed by atoms with Crippen LogP contribution in [0.25, 0.3) is 0 Å². The fourth-order valence-electron chi connectivity index (χ4n) is 2.77. The summed E-state index contributed by atoms with van der Waals surface area (Å²) in [6.45, 7) is 2.11. The molecule has 7 nitrogen and oxygen atoms in total. The quantitative estimate of drug-likeness (QED) is 0.655. The fourth-order valence-corrected chi connectivity index (χ4v) is 3.16. The normalized spacial score (nSPS) is 16.0. The second-order valence-electron chi connectivity index (χ2n) is 7.60. The molecule has 0 aliphatic heterocycles. The Balaban J connectivity index is 1.93. The second-order valence-corrected chi connectivity index (χ2v) is 9.79. The van der Waals surface area contributed by atoms with E-state index >= 15 is 0 Å². The number of nitrogens with zero attached hydrogens (tertiary/aromatic N) is 2. The number of halogens is 2. The minimum absolute atomic E-state index is 0.0966. The van der Waals surface area contributed by atoms with Gasteiger partial charge in [0.25, 0.3) is 5.91 Å². The third kappa shape index (κ3) is 6.06. The molecule has 2 aromatic rings. The number of sulfone groups is 1. The highest BCUT2D eigenvalue weighted by molar-refractivity contribution is 7.94. The Hall–Kier alpha value is -2.88. The summed E-state index contributed by atoms with van der Waals surface area (Å²) in [7, 11) is -3.40. The molecule has 1 aliphatic carbocycles. The van der Waals surface area contributed by atoms with Crippen LogP contribution in [0.1, 0.15) is 42.9 Å². The lowest BCUT2D eigenvalue weighted by atomic mass is 10.1. The van der Waals surface area contributed by atoms with E-state index < -0.39 is 33.5 Å². The zero-order chi connectivity index (χ0) is 22.8. The van der Waals surface area contributed by atoms with Crippen LogP contribution in [-0.2, 0) is 15.8 Å². The SMILES string of the molecule is C/C(=C\[C@H](NC(=O)c1cnc(C(C)(F)F)nc1Oc1ccccc1)C1CC1)S(C)(=O)=O. The molecule has 1 aliphatic rings. The molecule has 0 radical (unpaired) electrons. The third-order valence-electron chi connectivity index (χ3n) is 4.78. The van der Waals surface area contributed by atoms with Gasteiger partial charge in [0.15, 0.2) is 9.84 Å². The van der Waals surface area contributed by atoms with Crippen molar-refractivity contribution in [2.24, 2.45) is 5.92 Å². The van der Waals surface area contributed by atoms with E-state index in [-0.39, 0.29) is 22.3 Å². The smallest absolute Gasteiger partial charge is 0.303 e. The number of benzene rings is 1. The van der Waals surface area contributed by atoms with Crippen molar-refractivity contribution in [3.63, 3.8) is 0 Å². The van der Waals surface area contributed by atoms with Gasteiger partial charge < -0.3 is 10.1 Å². The number of carbonyl (C=O) groups is 1. The molecule has 1 heterocycles. The molecule has 0 bridgehead atoms. The Morgan fingerprint density at radius 1 is 1.29 bits per heavy atom. The first-order valence-electron chi connectivity index (χ1n) is 9.62. The van der Waals surface area contributed by atoms with Crippen molar-refractivity contribution in [3.05, 3.63) is 58.9 Å². The van der Waals surface area contributed by atoms with Crippen molar-refractivity contribution >= 4 is 15.7 Å². The lowest BCUT2D eigenvalue weighted by molar-refractivity contribution is 0.00707. The summed E-state index contributed by atoms with van der Waals surface area (Å²) in [4.78, 5) is 20.5. The predicted octanol–water partition coefficient (Wildman–Crippen LogP) is 3.84. The van der Waals surface area contributed by atoms with Gasteiger partial charge in [-0.3, -0.25) is 4.79 Å². The number of alkyl halides is 2. The summed E-state index contributed by atoms with van der Waals surface area (Å²) in [5, 5.41) is 2.76. The maximum atomic E-state index is 13.7. The van der Waals surface area contributed by atoms with E-state index in [1.807, 2.05) is 0 Å². The van der Waals surface area contributed by atoms with Gasteiger partial charge in [-0.25, -0.2) is 13.4 Å². The highest BCUT2D eigenvalue weighted by Crippen LogP contribution is 2.35. The van der Waals surface area contributed by atoms with Gasteiger partial charge in [-0.15, -0.1) is 0 Å². The number of nitrogens with one attached hydrogen (secondary N) is 1. The summed E-state index contributed by atoms with van der Waals surface area (Å²) in [5.41, 5.74) is -0.132. The largest absolute Gasteiger partial charge is 0.438 e. The van der Waals surface area contributed by atoms with E-state index in [2.05, 4.69) is 15.3 Å². The molecule has 10 heteroatoms. The summed E-state index contributed by atoms with van der Waals surface area (Å²) in [5.74, 6) is -4.65. The van der Waals surface area contributed by atoms with Gasteiger partial charge in [0, 0.05) is 24.3 Å². The van der Waals surface area contributed by atoms with Crippen LogP contribution < -0.4 is 10.1 Å². The Bertz CT molecular complexity index is 1100. The maximum absolute atomic E-state index is 13.7. The number of rotatable bonds is 8. The van der Waals surface area contributed by atoms with Crippen LogP contribution in [0.4, 0.5) is 8.78 Å². The van der Waals surface area contributed by atoms with Crippen molar-refractivity contribution in [1.29, 1.82) is 0 Å². The van der Waals surface area contributed by atoms with Gasteiger partial charge in [0.05, 0.1) is 6.04 Å². The summed E-state index contributed by atoms with van der Waals surface area (Å²) in [6, 6.07) is 7.79. The Labute approximate surface area is 179 Å². The Morgan fingerprint density at radius 2 is 1.94 bits per heavy atom. The summed E-state index contributed by atoms with van der Waals surface area (Å²) >= 11 is 0. The zero-order valence-corrected chi connectivity index (χ0v) is 18.1. The molecule has 166 valence electrons. The molecule has 31 heavy (non-hydrogen) atoms. The monoisotopic (exact) mass is 451 g/mol. The van der Waals surface area contributed by atoms with Crippen molar-refractivity contribution in [1.82, 2.24) is 15.3 Å². The molecule has 3 rings (SSSR count). The van der Waals surface area contributed by atoms with Crippen LogP contribution >= 0.6 is 0 Å². The van der Waals surface area contributed by atoms with E-state index in [1.54, 1.807) is 30.3 Å². The molecule has 1 atom stereocenters. The first kappa shape index (κ1) is 22.8. The standard InChI is InChI=1S/C21H23F2N3O4S/c1-13(31(3,28)29)11-17(14-9-10-14)25-18(27)16-12-24-20(21(2,22)23)26-19(16)30-15-7-5-4-6-8-15/h4-8,11-12,14,17H,9-10H2,1-3H3,(H,25,27)/b13-11+/t17-/m0/s1. The average molecular weight is 451 g/mol. The van der Waals surface area contributed by atoms with Gasteiger partial charge >= 0.3 is 5.92 Å². The highest BCUT2D eigenvalue weighted by Gasteiger charge is 2.34. The molecule has 1 fully saturated rings. The number of para-hydroxylation sites is 1. The van der Waals surface area contributed by atoms with Crippen molar-refractivity contribution in [2.45, 2.75) is 38.7 Å². The van der Waals surface area contributed by atoms with E-state index in [4.69, 9.17) is 4.74 Å². The Morgan fingerprint density at radius 3 is 2.48 bits per heavy atom. The molecule has 0 saturated heterocycles. The van der Waals surface area contributed by atoms with Crippen molar-refractivity contribution in [2.75, 3.05) is 6.26 Å². The third-order valence-corrected chi connectivity index (χ3v) is 6.08. The van der Waals surface area contributed by atoms with E-state index in [0.717, 1.165) is 25.3 Å². The first-order valence-corrected chi connectivity index (χ1v) is 11.5. The molecular weight excluding hydrogens is 428 g/mol. The minimum atomic E-state index is -3.40. The number of carbonyl (C=O) groups excluding carboxylic acids is 1. The van der Waals surface area contributed by atoms with Crippen LogP contribution in [0.15, 0.2) is 47.5 Å². The number of allylic oxidation sites excluding steroid dienone is 1. The lowest BCUT2D eigenvalue weighted by Crippen LogP contribution is -2.36. The van der Waals surface area contributed by atoms with E-state index in [0.29, 0.717) is 12.7 Å². The predicted molar refractivity (Wildman–Crippen MR) is 111 cm³/mol. The van der Waals surface area contributed by atoms with E-state index in [1.165, 1.54) is 13.0 Å². The number of amides is 1. The number of hydrogen-bond donors (Lipinski definition) is 1. The number of aromatic nitrogens is 2. The van der Waals surface area contributed by atoms with Crippen molar-refractivity contribution < 1.29 is 26.7 Å². The van der Waals surface area contributed by atoms with Gasteiger partial charge in [0.1, 0.15) is 11.3 Å². The first-order chi connectivity index (χ1) is 14.4. The summed E-state index contributed by atoms with van der Waals surface area (Å²) < 4.78 is 56.6. The zero-order valence-electron chi connectivity index (χ0n) is 17.3. The van der Waals surface area contributed by atoms with Gasteiger partial charge in [-0.2, -0.15) is 13.8 Å². The fraction of sp³-hybridized carbons (Fsp3) is 0.381. The molecular formula is C21H23F2N3O4S. The average Bonchev–Trinajstić information content (AvgIpc) is 3.52. The van der Waals surface area contributed by atoms with Gasteiger partial charge in [-0.05, 0) is 43.9 Å². The molecule has 1 N–H and O–H groups in total. The molecule has 1 saturated carbocycles. The van der Waals surface area contributed by atoms with Gasteiger partial charge in [-0.1, -0.05) is 18.2 Å². The van der Waals surface area contributed by atoms with Gasteiger partial charge in [0.2, 0.25) is 11.7 Å². The second kappa shape index (κ2) is 8.70.